The van der Waals surface area contributed by atoms with Gasteiger partial charge in [-0.05, 0) is 0 Å². The third-order valence-electron chi connectivity index (χ3n) is 1.39. The molecule has 1 aromatic heterocycles. The number of aliphatic carboxylic acids is 1. The summed E-state index contributed by atoms with van der Waals surface area (Å²) in [5.41, 5.74) is 5.85. The topological polar surface area (TPSA) is 93.3 Å². The number of aromatic nitrogens is 1. The molecule has 6 heteroatoms. The Morgan fingerprint density at radius 3 is 2.93 bits per heavy atom. The molecule has 1 heterocycles. The van der Waals surface area contributed by atoms with Gasteiger partial charge in [0.1, 0.15) is 0 Å². The first-order valence-electron chi connectivity index (χ1n) is 3.65. The molecule has 14 heavy (non-hydrogen) atoms. The number of carbonyl (C=O) groups is 1. The molecule has 0 aliphatic carbocycles. The molecule has 0 fully saturated rings. The third kappa shape index (κ3) is 2.67. The number of thiazole rings is 1. The molecule has 73 valence electrons. The molecule has 0 unspecified atom stereocenters. The Hall–Kier alpha value is -1.69. The molecule has 5 nitrogen and oxygen atoms in total. The number of carbonyl (C=O) groups excluding carboxylic acids is 1. The van der Waals surface area contributed by atoms with Crippen molar-refractivity contribution in [2.75, 3.05) is 5.73 Å². The number of rotatable bonds is 4. The average Bonchev–Trinajstić information content (AvgIpc) is 2.53. The second kappa shape index (κ2) is 4.52. The SMILES string of the molecule is Nc1nc(C([C]=O)=CCC(=O)O)cs1. The summed E-state index contributed by atoms with van der Waals surface area (Å²) in [5.74, 6) is -1.01. The van der Waals surface area contributed by atoms with Crippen molar-refractivity contribution in [2.45, 2.75) is 6.42 Å². The number of anilines is 1. The molecule has 0 atom stereocenters. The van der Waals surface area contributed by atoms with Crippen LogP contribution in [0.5, 0.6) is 0 Å². The Morgan fingerprint density at radius 2 is 2.50 bits per heavy atom. The number of nitrogens with two attached hydrogens (primary N) is 1. The van der Waals surface area contributed by atoms with Crippen molar-refractivity contribution in [1.29, 1.82) is 0 Å². The molecule has 0 bridgehead atoms. The second-order valence-corrected chi connectivity index (χ2v) is 3.28. The van der Waals surface area contributed by atoms with Crippen LogP contribution in [-0.2, 0) is 9.59 Å². The molecule has 0 aliphatic heterocycles. The summed E-state index contributed by atoms with van der Waals surface area (Å²) in [6, 6.07) is 0. The number of hydrogen-bond donors (Lipinski definition) is 2. The van der Waals surface area contributed by atoms with Crippen molar-refractivity contribution in [2.24, 2.45) is 0 Å². The second-order valence-electron chi connectivity index (χ2n) is 2.39. The van der Waals surface area contributed by atoms with E-state index in [4.69, 9.17) is 10.8 Å². The van der Waals surface area contributed by atoms with Gasteiger partial charge >= 0.3 is 5.97 Å². The first kappa shape index (κ1) is 10.4. The molecular formula is C8H7N2O3S. The standard InChI is InChI=1S/C8H7N2O3S/c9-8-10-6(4-14-8)5(3-11)1-2-7(12)13/h1,4H,2H2,(H2,9,10)(H,12,13). The van der Waals surface area contributed by atoms with Crippen LogP contribution < -0.4 is 5.73 Å². The van der Waals surface area contributed by atoms with Crippen LogP contribution in [0.25, 0.3) is 5.57 Å². The first-order chi connectivity index (χ1) is 6.63. The quantitative estimate of drug-likeness (QED) is 0.715. The zero-order chi connectivity index (χ0) is 10.6. The van der Waals surface area contributed by atoms with Crippen molar-refractivity contribution < 1.29 is 14.7 Å². The van der Waals surface area contributed by atoms with Gasteiger partial charge in [0.25, 0.3) is 0 Å². The Kier molecular flexibility index (Phi) is 3.35. The van der Waals surface area contributed by atoms with Gasteiger partial charge < -0.3 is 10.8 Å². The molecule has 0 saturated carbocycles. The maximum Gasteiger partial charge on any atom is 0.307 e. The van der Waals surface area contributed by atoms with Gasteiger partial charge in [0, 0.05) is 11.0 Å². The van der Waals surface area contributed by atoms with Crippen molar-refractivity contribution >= 4 is 34.3 Å². The smallest absolute Gasteiger partial charge is 0.307 e. The van der Waals surface area contributed by atoms with Gasteiger partial charge in [0.15, 0.2) is 5.13 Å². The largest absolute Gasteiger partial charge is 0.481 e. The maximum absolute atomic E-state index is 10.5. The van der Waals surface area contributed by atoms with Crippen molar-refractivity contribution in [3.63, 3.8) is 0 Å². The molecule has 0 aromatic carbocycles. The van der Waals surface area contributed by atoms with Crippen LogP contribution in [0.1, 0.15) is 12.1 Å². The predicted molar refractivity (Wildman–Crippen MR) is 52.4 cm³/mol. The lowest BCUT2D eigenvalue weighted by molar-refractivity contribution is -0.135. The highest BCUT2D eigenvalue weighted by Gasteiger charge is 2.06. The molecule has 0 saturated heterocycles. The van der Waals surface area contributed by atoms with Crippen LogP contribution >= 0.6 is 11.3 Å². The number of hydrogen-bond acceptors (Lipinski definition) is 5. The van der Waals surface area contributed by atoms with Gasteiger partial charge in [-0.3, -0.25) is 9.59 Å². The van der Waals surface area contributed by atoms with Gasteiger partial charge in [0.05, 0.1) is 12.1 Å². The van der Waals surface area contributed by atoms with E-state index in [1.807, 2.05) is 0 Å². The lowest BCUT2D eigenvalue weighted by Gasteiger charge is -1.91. The van der Waals surface area contributed by atoms with E-state index in [9.17, 15) is 9.59 Å². The maximum atomic E-state index is 10.5. The van der Waals surface area contributed by atoms with E-state index < -0.39 is 5.97 Å². The van der Waals surface area contributed by atoms with E-state index in [1.54, 1.807) is 11.7 Å². The number of allylic oxidation sites excluding steroid dienone is 1. The van der Waals surface area contributed by atoms with Crippen molar-refractivity contribution in [1.82, 2.24) is 4.98 Å². The fourth-order valence-electron chi connectivity index (χ4n) is 0.799. The van der Waals surface area contributed by atoms with Crippen LogP contribution in [0, 0.1) is 0 Å². The lowest BCUT2D eigenvalue weighted by Crippen LogP contribution is -1.94. The van der Waals surface area contributed by atoms with Crippen LogP contribution in [-0.4, -0.2) is 22.3 Å². The molecule has 0 spiro atoms. The predicted octanol–water partition coefficient (Wildman–Crippen LogP) is 0.693. The molecule has 3 N–H and O–H groups in total. The number of carboxylic acid groups (broad SMARTS) is 1. The summed E-state index contributed by atoms with van der Waals surface area (Å²) >= 11 is 1.18. The van der Waals surface area contributed by atoms with Crippen LogP contribution in [0.4, 0.5) is 5.13 Å². The van der Waals surface area contributed by atoms with Crippen LogP contribution in [0.2, 0.25) is 0 Å². The Balaban J connectivity index is 2.86. The Bertz CT molecular complexity index is 384. The van der Waals surface area contributed by atoms with Crippen LogP contribution in [0.3, 0.4) is 0 Å². The van der Waals surface area contributed by atoms with E-state index in [0.29, 0.717) is 10.8 Å². The minimum absolute atomic E-state index is 0.125. The highest BCUT2D eigenvalue weighted by molar-refractivity contribution is 7.13. The van der Waals surface area contributed by atoms with E-state index in [-0.39, 0.29) is 12.0 Å². The van der Waals surface area contributed by atoms with Gasteiger partial charge in [-0.1, -0.05) is 6.08 Å². The zero-order valence-corrected chi connectivity index (χ0v) is 7.87. The highest BCUT2D eigenvalue weighted by Crippen LogP contribution is 2.17. The van der Waals surface area contributed by atoms with Crippen molar-refractivity contribution in [3.8, 4) is 0 Å². The molecule has 0 amide bonds. The fourth-order valence-corrected chi connectivity index (χ4v) is 1.36. The summed E-state index contributed by atoms with van der Waals surface area (Å²) in [6.07, 6.45) is 2.64. The first-order valence-corrected chi connectivity index (χ1v) is 4.53. The minimum Gasteiger partial charge on any atom is -0.481 e. The Labute approximate surface area is 83.9 Å². The Morgan fingerprint density at radius 1 is 1.79 bits per heavy atom. The van der Waals surface area contributed by atoms with E-state index >= 15 is 0 Å². The summed E-state index contributed by atoms with van der Waals surface area (Å²) in [6.45, 7) is 0. The van der Waals surface area contributed by atoms with Crippen LogP contribution in [0.15, 0.2) is 11.5 Å². The summed E-state index contributed by atoms with van der Waals surface area (Å²) in [4.78, 5) is 24.5. The highest BCUT2D eigenvalue weighted by atomic mass is 32.1. The van der Waals surface area contributed by atoms with E-state index in [0.717, 1.165) is 0 Å². The van der Waals surface area contributed by atoms with Gasteiger partial charge in [0.2, 0.25) is 6.29 Å². The van der Waals surface area contributed by atoms with E-state index in [2.05, 4.69) is 4.98 Å². The van der Waals surface area contributed by atoms with Gasteiger partial charge in [-0.25, -0.2) is 4.98 Å². The fraction of sp³-hybridized carbons (Fsp3) is 0.125. The normalized spacial score (nSPS) is 11.3. The monoisotopic (exact) mass is 211 g/mol. The number of nitrogen functional groups attached to an aromatic ring is 1. The molecule has 1 aromatic rings. The van der Waals surface area contributed by atoms with Gasteiger partial charge in [-0.2, -0.15) is 0 Å². The summed E-state index contributed by atoms with van der Waals surface area (Å²) in [7, 11) is 0. The molecule has 1 radical (unpaired) electrons. The minimum atomic E-state index is -1.01. The third-order valence-corrected chi connectivity index (χ3v) is 2.06. The average molecular weight is 211 g/mol. The van der Waals surface area contributed by atoms with Crippen molar-refractivity contribution in [3.05, 3.63) is 17.2 Å². The zero-order valence-electron chi connectivity index (χ0n) is 7.06. The number of nitrogens with zero attached hydrogens (tertiary/aromatic N) is 1. The molecule has 1 rings (SSSR count). The molecule has 0 aliphatic rings. The number of carboxylic acids is 1. The molecular weight excluding hydrogens is 204 g/mol. The van der Waals surface area contributed by atoms with E-state index in [1.165, 1.54) is 17.4 Å². The lowest BCUT2D eigenvalue weighted by atomic mass is 10.2. The summed E-state index contributed by atoms with van der Waals surface area (Å²) < 4.78 is 0. The van der Waals surface area contributed by atoms with Gasteiger partial charge in [-0.15, -0.1) is 11.3 Å². The summed E-state index contributed by atoms with van der Waals surface area (Å²) in [5, 5.41) is 10.3.